The van der Waals surface area contributed by atoms with Crippen molar-refractivity contribution in [1.82, 2.24) is 4.90 Å². The molecule has 0 aromatic heterocycles. The summed E-state index contributed by atoms with van der Waals surface area (Å²) in [5, 5.41) is 14.8. The Morgan fingerprint density at radius 3 is 2.08 bits per heavy atom. The highest BCUT2D eigenvalue weighted by Gasteiger charge is 2.09. The van der Waals surface area contributed by atoms with Crippen LogP contribution in [0.5, 0.6) is 11.5 Å². The highest BCUT2D eigenvalue weighted by atomic mass is 16.5. The van der Waals surface area contributed by atoms with Crippen molar-refractivity contribution in [2.24, 2.45) is 0 Å². The van der Waals surface area contributed by atoms with E-state index in [0.29, 0.717) is 6.61 Å². The van der Waals surface area contributed by atoms with Crippen molar-refractivity contribution in [3.05, 3.63) is 24.3 Å². The van der Waals surface area contributed by atoms with Crippen LogP contribution in [0, 0.1) is 0 Å². The standard InChI is InChI=1S/C17H27NO2.C2H2O4/c1-2-19-16-10-4-5-11-17(16)20-15-9-8-14-18-12-6-3-7-13-18;3-1(4)2(5)6/h4-5,10-11H,2-3,6-9,12-15H2,1H3;(H,3,4)(H,5,6). The first kappa shape index (κ1) is 21.8. The van der Waals surface area contributed by atoms with Gasteiger partial charge in [-0.15, -0.1) is 0 Å². The van der Waals surface area contributed by atoms with E-state index >= 15 is 0 Å². The Bertz CT molecular complexity index is 531. The van der Waals surface area contributed by atoms with Crippen molar-refractivity contribution < 1.29 is 29.3 Å². The van der Waals surface area contributed by atoms with Crippen LogP contribution in [0.2, 0.25) is 0 Å². The van der Waals surface area contributed by atoms with Gasteiger partial charge in [-0.2, -0.15) is 0 Å². The number of rotatable bonds is 8. The number of likely N-dealkylation sites (tertiary alicyclic amines) is 1. The Labute approximate surface area is 154 Å². The van der Waals surface area contributed by atoms with Gasteiger partial charge < -0.3 is 24.6 Å². The average Bonchev–Trinajstić information content (AvgIpc) is 2.64. The van der Waals surface area contributed by atoms with Crippen LogP contribution in [0.1, 0.15) is 39.0 Å². The van der Waals surface area contributed by atoms with Gasteiger partial charge in [-0.05, 0) is 64.4 Å². The maximum atomic E-state index is 9.10. The van der Waals surface area contributed by atoms with Crippen LogP contribution in [0.3, 0.4) is 0 Å². The number of benzene rings is 1. The highest BCUT2D eigenvalue weighted by molar-refractivity contribution is 6.27. The number of hydrogen-bond donors (Lipinski definition) is 2. The molecular formula is C19H29NO6. The Balaban J connectivity index is 0.000000487. The van der Waals surface area contributed by atoms with Crippen molar-refractivity contribution in [2.45, 2.75) is 39.0 Å². The first-order valence-corrected chi connectivity index (χ1v) is 9.07. The molecule has 1 aliphatic rings. The summed E-state index contributed by atoms with van der Waals surface area (Å²) in [5.74, 6) is -1.93. The molecule has 0 radical (unpaired) electrons. The van der Waals surface area contributed by atoms with Crippen LogP contribution < -0.4 is 9.47 Å². The molecule has 0 atom stereocenters. The lowest BCUT2D eigenvalue weighted by Gasteiger charge is -2.26. The van der Waals surface area contributed by atoms with Gasteiger partial charge in [-0.3, -0.25) is 0 Å². The number of carboxylic acids is 2. The van der Waals surface area contributed by atoms with Crippen molar-refractivity contribution in [1.29, 1.82) is 0 Å². The fraction of sp³-hybridized carbons (Fsp3) is 0.579. The summed E-state index contributed by atoms with van der Waals surface area (Å²) in [6.07, 6.45) is 6.48. The summed E-state index contributed by atoms with van der Waals surface area (Å²) < 4.78 is 11.4. The van der Waals surface area contributed by atoms with E-state index in [-0.39, 0.29) is 0 Å². The Kier molecular flexibility index (Phi) is 10.9. The molecule has 0 saturated carbocycles. The highest BCUT2D eigenvalue weighted by Crippen LogP contribution is 2.26. The zero-order chi connectivity index (χ0) is 19.2. The van der Waals surface area contributed by atoms with E-state index in [0.717, 1.165) is 24.5 Å². The molecule has 0 aliphatic carbocycles. The molecule has 1 saturated heterocycles. The number of carboxylic acid groups (broad SMARTS) is 2. The van der Waals surface area contributed by atoms with Gasteiger partial charge in [-0.25, -0.2) is 9.59 Å². The van der Waals surface area contributed by atoms with Gasteiger partial charge in [0.15, 0.2) is 11.5 Å². The minimum Gasteiger partial charge on any atom is -0.490 e. The van der Waals surface area contributed by atoms with Gasteiger partial charge >= 0.3 is 11.9 Å². The van der Waals surface area contributed by atoms with E-state index in [1.807, 2.05) is 31.2 Å². The van der Waals surface area contributed by atoms with Crippen LogP contribution in [0.4, 0.5) is 0 Å². The van der Waals surface area contributed by atoms with Crippen LogP contribution in [0.25, 0.3) is 0 Å². The predicted molar refractivity (Wildman–Crippen MR) is 97.9 cm³/mol. The van der Waals surface area contributed by atoms with E-state index in [1.165, 1.54) is 45.3 Å². The third-order valence-electron chi connectivity index (χ3n) is 3.91. The molecule has 0 spiro atoms. The molecule has 1 fully saturated rings. The van der Waals surface area contributed by atoms with Gasteiger partial charge in [0, 0.05) is 0 Å². The lowest BCUT2D eigenvalue weighted by Crippen LogP contribution is -2.30. The SMILES string of the molecule is CCOc1ccccc1OCCCCN1CCCCC1.O=C(O)C(=O)O. The number of carbonyl (C=O) groups is 2. The average molecular weight is 367 g/mol. The molecule has 1 aliphatic heterocycles. The number of ether oxygens (including phenoxy) is 2. The minimum atomic E-state index is -1.82. The molecule has 26 heavy (non-hydrogen) atoms. The number of nitrogens with zero attached hydrogens (tertiary/aromatic N) is 1. The molecule has 2 rings (SSSR count). The fourth-order valence-electron chi connectivity index (χ4n) is 2.65. The van der Waals surface area contributed by atoms with Gasteiger partial charge in [0.25, 0.3) is 0 Å². The van der Waals surface area contributed by atoms with Crippen molar-refractivity contribution in [3.63, 3.8) is 0 Å². The lowest BCUT2D eigenvalue weighted by molar-refractivity contribution is -0.159. The normalized spacial score (nSPS) is 14.0. The second kappa shape index (κ2) is 13.0. The fourth-order valence-corrected chi connectivity index (χ4v) is 2.65. The van der Waals surface area contributed by atoms with Gasteiger partial charge in [0.05, 0.1) is 13.2 Å². The number of aliphatic carboxylic acids is 2. The number of unbranched alkanes of at least 4 members (excludes halogenated alkanes) is 1. The first-order chi connectivity index (χ1) is 12.5. The second-order valence-corrected chi connectivity index (χ2v) is 5.95. The van der Waals surface area contributed by atoms with Crippen molar-refractivity contribution >= 4 is 11.9 Å². The van der Waals surface area contributed by atoms with E-state index in [2.05, 4.69) is 4.90 Å². The summed E-state index contributed by atoms with van der Waals surface area (Å²) in [6.45, 7) is 7.24. The number of para-hydroxylation sites is 2. The lowest BCUT2D eigenvalue weighted by atomic mass is 10.1. The van der Waals surface area contributed by atoms with Crippen LogP contribution >= 0.6 is 0 Å². The summed E-state index contributed by atoms with van der Waals surface area (Å²) in [7, 11) is 0. The maximum absolute atomic E-state index is 9.10. The molecule has 2 N–H and O–H groups in total. The summed E-state index contributed by atoms with van der Waals surface area (Å²) >= 11 is 0. The molecule has 0 amide bonds. The van der Waals surface area contributed by atoms with Crippen molar-refractivity contribution in [2.75, 3.05) is 32.8 Å². The molecular weight excluding hydrogens is 338 g/mol. The molecule has 1 aromatic rings. The van der Waals surface area contributed by atoms with Gasteiger partial charge in [-0.1, -0.05) is 18.6 Å². The second-order valence-electron chi connectivity index (χ2n) is 5.95. The first-order valence-electron chi connectivity index (χ1n) is 9.07. The minimum absolute atomic E-state index is 0.676. The van der Waals surface area contributed by atoms with Crippen LogP contribution in [-0.2, 0) is 9.59 Å². The molecule has 1 aromatic carbocycles. The third kappa shape index (κ3) is 9.27. The zero-order valence-corrected chi connectivity index (χ0v) is 15.4. The largest absolute Gasteiger partial charge is 0.490 e. The Morgan fingerprint density at radius 1 is 0.962 bits per heavy atom. The maximum Gasteiger partial charge on any atom is 0.414 e. The summed E-state index contributed by atoms with van der Waals surface area (Å²) in [4.78, 5) is 20.8. The van der Waals surface area contributed by atoms with Gasteiger partial charge in [0.2, 0.25) is 0 Å². The van der Waals surface area contributed by atoms with E-state index in [4.69, 9.17) is 29.3 Å². The zero-order valence-electron chi connectivity index (χ0n) is 15.4. The summed E-state index contributed by atoms with van der Waals surface area (Å²) in [5.41, 5.74) is 0. The third-order valence-corrected chi connectivity index (χ3v) is 3.91. The monoisotopic (exact) mass is 367 g/mol. The van der Waals surface area contributed by atoms with E-state index in [1.54, 1.807) is 0 Å². The van der Waals surface area contributed by atoms with E-state index in [9.17, 15) is 0 Å². The van der Waals surface area contributed by atoms with Crippen LogP contribution in [0.15, 0.2) is 24.3 Å². The van der Waals surface area contributed by atoms with E-state index < -0.39 is 11.9 Å². The van der Waals surface area contributed by atoms with Gasteiger partial charge in [0.1, 0.15) is 0 Å². The molecule has 0 unspecified atom stereocenters. The Morgan fingerprint density at radius 2 is 1.54 bits per heavy atom. The Hall–Kier alpha value is -2.28. The summed E-state index contributed by atoms with van der Waals surface area (Å²) in [6, 6.07) is 7.92. The topological polar surface area (TPSA) is 96.3 Å². The predicted octanol–water partition coefficient (Wildman–Crippen LogP) is 2.89. The molecule has 0 bridgehead atoms. The van der Waals surface area contributed by atoms with Crippen LogP contribution in [-0.4, -0.2) is 59.9 Å². The molecule has 1 heterocycles. The molecule has 7 heteroatoms. The number of hydrogen-bond acceptors (Lipinski definition) is 5. The molecule has 7 nitrogen and oxygen atoms in total. The molecule has 146 valence electrons. The smallest absolute Gasteiger partial charge is 0.414 e. The quantitative estimate of drug-likeness (QED) is 0.539. The number of piperidine rings is 1. The van der Waals surface area contributed by atoms with Crippen molar-refractivity contribution in [3.8, 4) is 11.5 Å².